The maximum absolute atomic E-state index is 3.60. The molecule has 3 aliphatic rings. The third-order valence-corrected chi connectivity index (χ3v) is 5.33. The van der Waals surface area contributed by atoms with E-state index in [9.17, 15) is 0 Å². The lowest BCUT2D eigenvalue weighted by atomic mass is 9.81. The molecule has 17 heavy (non-hydrogen) atoms. The molecule has 2 nitrogen and oxygen atoms in total. The van der Waals surface area contributed by atoms with Crippen LogP contribution in [0.5, 0.6) is 0 Å². The van der Waals surface area contributed by atoms with Crippen molar-refractivity contribution in [3.63, 3.8) is 0 Å². The lowest BCUT2D eigenvalue weighted by molar-refractivity contribution is 0.0893. The standard InChI is InChI=1S/C15H28N2/c1-12-4-2-5-13(8-12)11-17-7-3-6-14-9-16-10-15(14)17/h12-16H,2-11H2,1H3. The Hall–Kier alpha value is -0.0800. The van der Waals surface area contributed by atoms with Gasteiger partial charge in [-0.05, 0) is 56.5 Å². The Balaban J connectivity index is 1.56. The summed E-state index contributed by atoms with van der Waals surface area (Å²) in [6, 6.07) is 0.876. The number of likely N-dealkylation sites (tertiary alicyclic amines) is 1. The number of hydrogen-bond donors (Lipinski definition) is 1. The highest BCUT2D eigenvalue weighted by Crippen LogP contribution is 2.32. The van der Waals surface area contributed by atoms with E-state index < -0.39 is 0 Å². The maximum Gasteiger partial charge on any atom is 0.0261 e. The van der Waals surface area contributed by atoms with Crippen LogP contribution < -0.4 is 5.32 Å². The zero-order valence-electron chi connectivity index (χ0n) is 11.3. The van der Waals surface area contributed by atoms with Gasteiger partial charge in [-0.15, -0.1) is 0 Å². The van der Waals surface area contributed by atoms with E-state index >= 15 is 0 Å². The van der Waals surface area contributed by atoms with Gasteiger partial charge in [0.25, 0.3) is 0 Å². The van der Waals surface area contributed by atoms with Crippen molar-refractivity contribution in [1.82, 2.24) is 10.2 Å². The number of nitrogens with zero attached hydrogens (tertiary/aromatic N) is 1. The molecule has 0 aromatic rings. The minimum absolute atomic E-state index is 0.876. The molecule has 1 saturated carbocycles. The van der Waals surface area contributed by atoms with Gasteiger partial charge in [0.1, 0.15) is 0 Å². The van der Waals surface area contributed by atoms with Crippen LogP contribution in [0.25, 0.3) is 0 Å². The summed E-state index contributed by atoms with van der Waals surface area (Å²) >= 11 is 0. The number of rotatable bonds is 2. The zero-order chi connectivity index (χ0) is 11.7. The number of nitrogens with one attached hydrogen (secondary N) is 1. The maximum atomic E-state index is 3.60. The van der Waals surface area contributed by atoms with E-state index in [-0.39, 0.29) is 0 Å². The Morgan fingerprint density at radius 2 is 2.06 bits per heavy atom. The predicted molar refractivity (Wildman–Crippen MR) is 72.1 cm³/mol. The van der Waals surface area contributed by atoms with Crippen LogP contribution in [-0.4, -0.2) is 37.1 Å². The summed E-state index contributed by atoms with van der Waals surface area (Å²) in [5, 5.41) is 3.60. The van der Waals surface area contributed by atoms with Crippen LogP contribution in [0, 0.1) is 17.8 Å². The first-order valence-electron chi connectivity index (χ1n) is 7.77. The lowest BCUT2D eigenvalue weighted by Gasteiger charge is -2.40. The lowest BCUT2D eigenvalue weighted by Crippen LogP contribution is -2.47. The fraction of sp³-hybridized carbons (Fsp3) is 1.00. The molecule has 2 aliphatic heterocycles. The molecular weight excluding hydrogens is 208 g/mol. The molecule has 2 heterocycles. The van der Waals surface area contributed by atoms with Crippen LogP contribution in [0.3, 0.4) is 0 Å². The van der Waals surface area contributed by atoms with E-state index in [0.717, 1.165) is 23.8 Å². The summed E-state index contributed by atoms with van der Waals surface area (Å²) in [5.74, 6) is 2.94. The molecule has 1 N–H and O–H groups in total. The van der Waals surface area contributed by atoms with Gasteiger partial charge in [0.05, 0.1) is 0 Å². The number of fused-ring (bicyclic) bond motifs is 1. The van der Waals surface area contributed by atoms with Crippen LogP contribution in [0.2, 0.25) is 0 Å². The van der Waals surface area contributed by atoms with Gasteiger partial charge in [-0.2, -0.15) is 0 Å². The van der Waals surface area contributed by atoms with Crippen LogP contribution in [0.4, 0.5) is 0 Å². The second-order valence-electron chi connectivity index (χ2n) is 6.76. The number of hydrogen-bond acceptors (Lipinski definition) is 2. The molecule has 1 aliphatic carbocycles. The summed E-state index contributed by atoms with van der Waals surface area (Å²) in [4.78, 5) is 2.83. The van der Waals surface area contributed by atoms with Gasteiger partial charge >= 0.3 is 0 Å². The minimum atomic E-state index is 0.876. The first-order chi connectivity index (χ1) is 8.33. The quantitative estimate of drug-likeness (QED) is 0.792. The highest BCUT2D eigenvalue weighted by atomic mass is 15.2. The van der Waals surface area contributed by atoms with Crippen LogP contribution in [0.1, 0.15) is 45.4 Å². The predicted octanol–water partition coefficient (Wildman–Crippen LogP) is 2.50. The van der Waals surface area contributed by atoms with Gasteiger partial charge in [-0.3, -0.25) is 4.90 Å². The summed E-state index contributed by atoms with van der Waals surface area (Å²) < 4.78 is 0. The smallest absolute Gasteiger partial charge is 0.0261 e. The number of piperidine rings is 1. The van der Waals surface area contributed by atoms with Crippen LogP contribution in [-0.2, 0) is 0 Å². The molecule has 3 fully saturated rings. The summed E-state index contributed by atoms with van der Waals surface area (Å²) in [7, 11) is 0. The van der Waals surface area contributed by atoms with Crippen molar-refractivity contribution >= 4 is 0 Å². The van der Waals surface area contributed by atoms with Gasteiger partial charge in [0, 0.05) is 19.1 Å². The van der Waals surface area contributed by atoms with E-state index in [4.69, 9.17) is 0 Å². The fourth-order valence-electron chi connectivity index (χ4n) is 4.45. The van der Waals surface area contributed by atoms with Crippen LogP contribution >= 0.6 is 0 Å². The molecule has 2 heteroatoms. The molecule has 4 atom stereocenters. The van der Waals surface area contributed by atoms with Gasteiger partial charge in [-0.1, -0.05) is 19.8 Å². The Morgan fingerprint density at radius 1 is 1.12 bits per heavy atom. The van der Waals surface area contributed by atoms with Gasteiger partial charge < -0.3 is 5.32 Å². The third kappa shape index (κ3) is 2.68. The van der Waals surface area contributed by atoms with Crippen molar-refractivity contribution in [2.24, 2.45) is 17.8 Å². The van der Waals surface area contributed by atoms with Crippen molar-refractivity contribution < 1.29 is 0 Å². The molecule has 4 unspecified atom stereocenters. The van der Waals surface area contributed by atoms with E-state index in [0.29, 0.717) is 0 Å². The summed E-state index contributed by atoms with van der Waals surface area (Å²) in [5.41, 5.74) is 0. The Bertz CT molecular complexity index is 253. The average molecular weight is 236 g/mol. The van der Waals surface area contributed by atoms with E-state index in [1.54, 1.807) is 0 Å². The van der Waals surface area contributed by atoms with E-state index in [2.05, 4.69) is 17.1 Å². The third-order valence-electron chi connectivity index (χ3n) is 5.33. The first-order valence-corrected chi connectivity index (χ1v) is 7.77. The van der Waals surface area contributed by atoms with Crippen molar-refractivity contribution in [1.29, 1.82) is 0 Å². The highest BCUT2D eigenvalue weighted by molar-refractivity contribution is 4.92. The Kier molecular flexibility index (Phi) is 3.72. The first kappa shape index (κ1) is 12.0. The second kappa shape index (κ2) is 5.27. The molecule has 0 radical (unpaired) electrons. The van der Waals surface area contributed by atoms with Gasteiger partial charge in [0.15, 0.2) is 0 Å². The minimum Gasteiger partial charge on any atom is -0.315 e. The molecule has 0 aromatic heterocycles. The largest absolute Gasteiger partial charge is 0.315 e. The summed E-state index contributed by atoms with van der Waals surface area (Å²) in [6.45, 7) is 7.75. The molecule has 0 amide bonds. The molecule has 98 valence electrons. The Morgan fingerprint density at radius 3 is 2.94 bits per heavy atom. The van der Waals surface area contributed by atoms with Crippen molar-refractivity contribution in [3.05, 3.63) is 0 Å². The molecule has 0 spiro atoms. The molecule has 0 bridgehead atoms. The van der Waals surface area contributed by atoms with E-state index in [1.807, 2.05) is 0 Å². The van der Waals surface area contributed by atoms with Crippen molar-refractivity contribution in [3.8, 4) is 0 Å². The van der Waals surface area contributed by atoms with Crippen LogP contribution in [0.15, 0.2) is 0 Å². The molecule has 3 rings (SSSR count). The second-order valence-corrected chi connectivity index (χ2v) is 6.76. The van der Waals surface area contributed by atoms with E-state index in [1.165, 1.54) is 64.7 Å². The topological polar surface area (TPSA) is 15.3 Å². The fourth-order valence-corrected chi connectivity index (χ4v) is 4.45. The average Bonchev–Trinajstić information content (AvgIpc) is 2.78. The van der Waals surface area contributed by atoms with Gasteiger partial charge in [-0.25, -0.2) is 0 Å². The monoisotopic (exact) mass is 236 g/mol. The zero-order valence-corrected chi connectivity index (χ0v) is 11.3. The normalized spacial score (nSPS) is 43.6. The SMILES string of the molecule is CC1CCCC(CN2CCCC3CNCC32)C1. The summed E-state index contributed by atoms with van der Waals surface area (Å²) in [6.07, 6.45) is 8.84. The highest BCUT2D eigenvalue weighted by Gasteiger charge is 2.36. The van der Waals surface area contributed by atoms with Crippen molar-refractivity contribution in [2.45, 2.75) is 51.5 Å². The van der Waals surface area contributed by atoms with Gasteiger partial charge in [0.2, 0.25) is 0 Å². The Labute approximate surface area is 106 Å². The molecule has 2 saturated heterocycles. The molecule has 0 aromatic carbocycles. The molecular formula is C15H28N2. The van der Waals surface area contributed by atoms with Crippen molar-refractivity contribution in [2.75, 3.05) is 26.2 Å².